The van der Waals surface area contributed by atoms with Crippen molar-refractivity contribution in [3.8, 4) is 5.75 Å². The van der Waals surface area contributed by atoms with E-state index in [1.807, 2.05) is 39.0 Å². The van der Waals surface area contributed by atoms with Gasteiger partial charge in [-0.2, -0.15) is 5.10 Å². The molecular weight excluding hydrogens is 296 g/mol. The maximum Gasteiger partial charge on any atom is 0.277 e. The van der Waals surface area contributed by atoms with Crippen LogP contribution in [0.5, 0.6) is 5.75 Å². The van der Waals surface area contributed by atoms with E-state index in [1.165, 1.54) is 0 Å². The lowest BCUT2D eigenvalue weighted by atomic mass is 10.2. The second-order valence-electron chi connectivity index (χ2n) is 4.26. The van der Waals surface area contributed by atoms with Gasteiger partial charge in [-0.3, -0.25) is 4.79 Å². The van der Waals surface area contributed by atoms with Gasteiger partial charge in [-0.05, 0) is 36.6 Å². The number of carbonyl (C=O) groups is 1. The Kier molecular flexibility index (Phi) is 5.85. The topological polar surface area (TPSA) is 50.7 Å². The molecule has 1 aromatic carbocycles. The molecule has 4 nitrogen and oxygen atoms in total. The van der Waals surface area contributed by atoms with Gasteiger partial charge in [-0.1, -0.05) is 29.8 Å². The lowest BCUT2D eigenvalue weighted by molar-refractivity contribution is -0.123. The van der Waals surface area contributed by atoms with E-state index in [0.717, 1.165) is 10.0 Å². The number of nitrogens with zero attached hydrogens (tertiary/aromatic N) is 1. The summed E-state index contributed by atoms with van der Waals surface area (Å²) >= 11 is 3.37. The van der Waals surface area contributed by atoms with Crippen LogP contribution in [0.15, 0.2) is 27.8 Å². The summed E-state index contributed by atoms with van der Waals surface area (Å²) in [5.41, 5.74) is 3.39. The van der Waals surface area contributed by atoms with Gasteiger partial charge in [0.1, 0.15) is 5.75 Å². The molecule has 0 aliphatic carbocycles. The van der Waals surface area contributed by atoms with Crippen molar-refractivity contribution >= 4 is 28.1 Å². The second kappa shape index (κ2) is 7.16. The quantitative estimate of drug-likeness (QED) is 0.671. The fourth-order valence-corrected chi connectivity index (χ4v) is 1.68. The van der Waals surface area contributed by atoms with E-state index in [9.17, 15) is 4.79 Å². The molecule has 0 unspecified atom stereocenters. The number of carbonyl (C=O) groups excluding carboxylic acids is 1. The first-order valence-corrected chi connectivity index (χ1v) is 6.49. The number of hydrazone groups is 1. The van der Waals surface area contributed by atoms with Crippen molar-refractivity contribution in [3.05, 3.63) is 28.2 Å². The van der Waals surface area contributed by atoms with Gasteiger partial charge in [0.05, 0.1) is 0 Å². The highest BCUT2D eigenvalue weighted by molar-refractivity contribution is 9.10. The van der Waals surface area contributed by atoms with Crippen LogP contribution >= 0.6 is 15.9 Å². The van der Waals surface area contributed by atoms with Gasteiger partial charge in [-0.25, -0.2) is 5.43 Å². The van der Waals surface area contributed by atoms with Crippen LogP contribution in [0.1, 0.15) is 19.4 Å². The highest BCUT2D eigenvalue weighted by atomic mass is 79.9. The molecule has 0 aromatic heterocycles. The van der Waals surface area contributed by atoms with Gasteiger partial charge in [0.25, 0.3) is 5.91 Å². The first-order valence-electron chi connectivity index (χ1n) is 5.70. The summed E-state index contributed by atoms with van der Waals surface area (Å²) in [5, 5.41) is 3.81. The summed E-state index contributed by atoms with van der Waals surface area (Å²) in [5.74, 6) is 0.732. The minimum Gasteiger partial charge on any atom is -0.483 e. The van der Waals surface area contributed by atoms with E-state index >= 15 is 0 Å². The van der Waals surface area contributed by atoms with Crippen LogP contribution in [-0.2, 0) is 4.79 Å². The molecule has 1 aromatic rings. The van der Waals surface area contributed by atoms with E-state index in [4.69, 9.17) is 4.74 Å². The smallest absolute Gasteiger partial charge is 0.277 e. The molecule has 98 valence electrons. The lowest BCUT2D eigenvalue weighted by Gasteiger charge is -2.08. The SMILES string of the molecule is Cc1cc(Br)ccc1OCC(=O)N/N=C/C(C)C. The number of hydrogen-bond donors (Lipinski definition) is 1. The Morgan fingerprint density at radius 3 is 2.89 bits per heavy atom. The zero-order chi connectivity index (χ0) is 13.5. The third-order valence-corrected chi connectivity index (χ3v) is 2.55. The number of halogens is 1. The summed E-state index contributed by atoms with van der Waals surface area (Å²) in [6, 6.07) is 5.63. The lowest BCUT2D eigenvalue weighted by Crippen LogP contribution is -2.25. The molecule has 0 spiro atoms. The first kappa shape index (κ1) is 14.7. The van der Waals surface area contributed by atoms with Crippen LogP contribution in [-0.4, -0.2) is 18.7 Å². The van der Waals surface area contributed by atoms with Crippen molar-refractivity contribution in [1.82, 2.24) is 5.43 Å². The summed E-state index contributed by atoms with van der Waals surface area (Å²) in [6.45, 7) is 5.85. The molecule has 1 rings (SSSR count). The van der Waals surface area contributed by atoms with Crippen molar-refractivity contribution in [2.24, 2.45) is 11.0 Å². The number of benzene rings is 1. The first-order chi connectivity index (χ1) is 8.49. The Bertz CT molecular complexity index is 445. The molecule has 0 heterocycles. The molecule has 0 bridgehead atoms. The van der Waals surface area contributed by atoms with Gasteiger partial charge < -0.3 is 4.74 Å². The highest BCUT2D eigenvalue weighted by Gasteiger charge is 2.04. The molecular formula is C13H17BrN2O2. The van der Waals surface area contributed by atoms with Crippen molar-refractivity contribution in [3.63, 3.8) is 0 Å². The third-order valence-electron chi connectivity index (χ3n) is 2.06. The van der Waals surface area contributed by atoms with Gasteiger partial charge >= 0.3 is 0 Å². The van der Waals surface area contributed by atoms with E-state index in [-0.39, 0.29) is 12.5 Å². The summed E-state index contributed by atoms with van der Waals surface area (Å²) in [6.07, 6.45) is 1.67. The number of aryl methyl sites for hydroxylation is 1. The number of ether oxygens (including phenoxy) is 1. The summed E-state index contributed by atoms with van der Waals surface area (Å²) in [7, 11) is 0. The zero-order valence-corrected chi connectivity index (χ0v) is 12.3. The molecule has 0 saturated carbocycles. The molecule has 1 amide bonds. The van der Waals surface area contributed by atoms with Crippen LogP contribution < -0.4 is 10.2 Å². The van der Waals surface area contributed by atoms with Crippen molar-refractivity contribution < 1.29 is 9.53 Å². The van der Waals surface area contributed by atoms with Gasteiger partial charge in [-0.15, -0.1) is 0 Å². The molecule has 0 fully saturated rings. The van der Waals surface area contributed by atoms with Crippen molar-refractivity contribution in [1.29, 1.82) is 0 Å². The molecule has 18 heavy (non-hydrogen) atoms. The Morgan fingerprint density at radius 1 is 1.56 bits per heavy atom. The molecule has 0 aliphatic rings. The predicted molar refractivity (Wildman–Crippen MR) is 75.8 cm³/mol. The normalized spacial score (nSPS) is 10.9. The van der Waals surface area contributed by atoms with E-state index < -0.39 is 0 Å². The van der Waals surface area contributed by atoms with Crippen molar-refractivity contribution in [2.75, 3.05) is 6.61 Å². The fourth-order valence-electron chi connectivity index (χ4n) is 1.21. The molecule has 0 aliphatic heterocycles. The van der Waals surface area contributed by atoms with Crippen LogP contribution in [0.25, 0.3) is 0 Å². The summed E-state index contributed by atoms with van der Waals surface area (Å²) < 4.78 is 6.39. The Morgan fingerprint density at radius 2 is 2.28 bits per heavy atom. The fraction of sp³-hybridized carbons (Fsp3) is 0.385. The Hall–Kier alpha value is -1.36. The van der Waals surface area contributed by atoms with Crippen molar-refractivity contribution in [2.45, 2.75) is 20.8 Å². The molecule has 5 heteroatoms. The van der Waals surface area contributed by atoms with Crippen LogP contribution in [0.4, 0.5) is 0 Å². The zero-order valence-electron chi connectivity index (χ0n) is 10.7. The van der Waals surface area contributed by atoms with E-state index in [0.29, 0.717) is 11.7 Å². The number of rotatable bonds is 5. The Labute approximate surface area is 116 Å². The average molecular weight is 313 g/mol. The third kappa shape index (κ3) is 5.31. The largest absolute Gasteiger partial charge is 0.483 e. The Balaban J connectivity index is 2.43. The molecule has 0 atom stereocenters. The minimum atomic E-state index is -0.269. The summed E-state index contributed by atoms with van der Waals surface area (Å²) in [4.78, 5) is 11.4. The molecule has 1 N–H and O–H groups in total. The van der Waals surface area contributed by atoms with E-state index in [2.05, 4.69) is 26.5 Å². The van der Waals surface area contributed by atoms with Crippen LogP contribution in [0.2, 0.25) is 0 Å². The average Bonchev–Trinajstić information content (AvgIpc) is 2.27. The van der Waals surface area contributed by atoms with Crippen LogP contribution in [0, 0.1) is 12.8 Å². The highest BCUT2D eigenvalue weighted by Crippen LogP contribution is 2.21. The minimum absolute atomic E-state index is 0.0437. The molecule has 0 radical (unpaired) electrons. The van der Waals surface area contributed by atoms with Gasteiger partial charge in [0.15, 0.2) is 6.61 Å². The number of amides is 1. The predicted octanol–water partition coefficient (Wildman–Crippen LogP) is 2.89. The maximum atomic E-state index is 11.4. The second-order valence-corrected chi connectivity index (χ2v) is 5.17. The van der Waals surface area contributed by atoms with Crippen LogP contribution in [0.3, 0.4) is 0 Å². The standard InChI is InChI=1S/C13H17BrN2O2/c1-9(2)7-15-16-13(17)8-18-12-5-4-11(14)6-10(12)3/h4-7,9H,8H2,1-3H3,(H,16,17)/b15-7+. The monoisotopic (exact) mass is 312 g/mol. The van der Waals surface area contributed by atoms with Gasteiger partial charge in [0, 0.05) is 10.7 Å². The molecule has 0 saturated heterocycles. The number of nitrogens with one attached hydrogen (secondary N) is 1. The van der Waals surface area contributed by atoms with Gasteiger partial charge in [0.2, 0.25) is 0 Å². The van der Waals surface area contributed by atoms with E-state index in [1.54, 1.807) is 6.21 Å². The number of hydrogen-bond acceptors (Lipinski definition) is 3. The maximum absolute atomic E-state index is 11.4.